The highest BCUT2D eigenvalue weighted by Gasteiger charge is 2.27. The summed E-state index contributed by atoms with van der Waals surface area (Å²) in [6.07, 6.45) is 5.37. The molecule has 1 aliphatic carbocycles. The molecule has 0 aromatic carbocycles. The molecule has 1 aromatic rings. The zero-order chi connectivity index (χ0) is 12.4. The van der Waals surface area contributed by atoms with Crippen LogP contribution in [0.1, 0.15) is 38.7 Å². The normalized spacial score (nSPS) is 29.1. The van der Waals surface area contributed by atoms with Crippen LogP contribution >= 0.6 is 11.6 Å². The van der Waals surface area contributed by atoms with E-state index in [4.69, 9.17) is 11.6 Å². The summed E-state index contributed by atoms with van der Waals surface area (Å²) in [6.45, 7) is 6.61. The molecule has 4 heteroatoms. The second-order valence-electron chi connectivity index (χ2n) is 5.16. The first-order valence-electron chi connectivity index (χ1n) is 6.33. The Morgan fingerprint density at radius 2 is 2.06 bits per heavy atom. The monoisotopic (exact) mass is 253 g/mol. The van der Waals surface area contributed by atoms with Gasteiger partial charge >= 0.3 is 0 Å². The van der Waals surface area contributed by atoms with Gasteiger partial charge in [-0.25, -0.2) is 9.97 Å². The third-order valence-electron chi connectivity index (χ3n) is 4.05. The Labute approximate surface area is 108 Å². The van der Waals surface area contributed by atoms with Crippen molar-refractivity contribution in [2.45, 2.75) is 46.1 Å². The first-order valence-corrected chi connectivity index (χ1v) is 6.71. The first kappa shape index (κ1) is 12.6. The Kier molecular flexibility index (Phi) is 3.87. The second kappa shape index (κ2) is 5.21. The van der Waals surface area contributed by atoms with Crippen molar-refractivity contribution in [1.29, 1.82) is 0 Å². The maximum absolute atomic E-state index is 6.01. The molecule has 0 radical (unpaired) electrons. The van der Waals surface area contributed by atoms with Gasteiger partial charge in [0.25, 0.3) is 0 Å². The summed E-state index contributed by atoms with van der Waals surface area (Å²) < 4.78 is 0. The lowest BCUT2D eigenvalue weighted by molar-refractivity contribution is 0.253. The summed E-state index contributed by atoms with van der Waals surface area (Å²) in [7, 11) is 0. The molecule has 1 aromatic heterocycles. The third kappa shape index (κ3) is 2.71. The van der Waals surface area contributed by atoms with Crippen LogP contribution in [0.15, 0.2) is 6.33 Å². The van der Waals surface area contributed by atoms with E-state index in [9.17, 15) is 0 Å². The van der Waals surface area contributed by atoms with E-state index in [1.54, 1.807) is 0 Å². The van der Waals surface area contributed by atoms with Crippen LogP contribution in [0.2, 0.25) is 5.15 Å². The minimum atomic E-state index is 0.503. The molecular weight excluding hydrogens is 234 g/mol. The predicted octanol–water partition coefficient (Wildman–Crippen LogP) is 3.68. The highest BCUT2D eigenvalue weighted by molar-refractivity contribution is 6.30. The molecule has 1 saturated carbocycles. The van der Waals surface area contributed by atoms with Gasteiger partial charge in [0.1, 0.15) is 17.3 Å². The van der Waals surface area contributed by atoms with Gasteiger partial charge in [-0.1, -0.05) is 38.3 Å². The van der Waals surface area contributed by atoms with E-state index in [1.165, 1.54) is 25.6 Å². The second-order valence-corrected chi connectivity index (χ2v) is 5.51. The van der Waals surface area contributed by atoms with E-state index >= 15 is 0 Å². The topological polar surface area (TPSA) is 37.8 Å². The standard InChI is InChI=1S/C13H20ClN3/c1-8-5-4-6-11(9(8)2)17-13-10(3)12(14)15-7-16-13/h7-9,11H,4-6H2,1-3H3,(H,15,16,17). The fourth-order valence-electron chi connectivity index (χ4n) is 2.54. The molecule has 0 spiro atoms. The van der Waals surface area contributed by atoms with Gasteiger partial charge in [0.2, 0.25) is 0 Å². The van der Waals surface area contributed by atoms with Gasteiger partial charge in [-0.2, -0.15) is 0 Å². The molecule has 0 saturated heterocycles. The lowest BCUT2D eigenvalue weighted by atomic mass is 9.78. The van der Waals surface area contributed by atoms with Crippen molar-refractivity contribution in [3.8, 4) is 0 Å². The number of nitrogens with one attached hydrogen (secondary N) is 1. The summed E-state index contributed by atoms with van der Waals surface area (Å²) in [4.78, 5) is 8.27. The van der Waals surface area contributed by atoms with Gasteiger partial charge in [-0.05, 0) is 25.2 Å². The van der Waals surface area contributed by atoms with Crippen molar-refractivity contribution in [3.05, 3.63) is 17.0 Å². The van der Waals surface area contributed by atoms with E-state index in [-0.39, 0.29) is 0 Å². The highest BCUT2D eigenvalue weighted by atomic mass is 35.5. The minimum Gasteiger partial charge on any atom is -0.367 e. The zero-order valence-electron chi connectivity index (χ0n) is 10.7. The smallest absolute Gasteiger partial charge is 0.137 e. The van der Waals surface area contributed by atoms with Crippen LogP contribution in [-0.2, 0) is 0 Å². The Bertz CT molecular complexity index is 394. The summed E-state index contributed by atoms with van der Waals surface area (Å²) in [5, 5.41) is 4.08. The average molecular weight is 254 g/mol. The predicted molar refractivity (Wildman–Crippen MR) is 71.4 cm³/mol. The molecule has 2 rings (SSSR count). The number of anilines is 1. The maximum Gasteiger partial charge on any atom is 0.137 e. The van der Waals surface area contributed by atoms with Gasteiger partial charge in [0.15, 0.2) is 0 Å². The molecule has 0 amide bonds. The van der Waals surface area contributed by atoms with Crippen LogP contribution in [0.4, 0.5) is 5.82 Å². The summed E-state index contributed by atoms with van der Waals surface area (Å²) >= 11 is 6.01. The molecule has 3 atom stereocenters. The van der Waals surface area contributed by atoms with Gasteiger partial charge in [0.05, 0.1) is 0 Å². The lowest BCUT2D eigenvalue weighted by Gasteiger charge is -2.35. The Hall–Kier alpha value is -0.830. The van der Waals surface area contributed by atoms with Crippen LogP contribution in [0.25, 0.3) is 0 Å². The van der Waals surface area contributed by atoms with Crippen molar-refractivity contribution < 1.29 is 0 Å². The van der Waals surface area contributed by atoms with Crippen molar-refractivity contribution in [2.75, 3.05) is 5.32 Å². The first-order chi connectivity index (χ1) is 8.09. The number of aromatic nitrogens is 2. The molecule has 0 bridgehead atoms. The van der Waals surface area contributed by atoms with Crippen LogP contribution in [-0.4, -0.2) is 16.0 Å². The highest BCUT2D eigenvalue weighted by Crippen LogP contribution is 2.32. The molecule has 94 valence electrons. The minimum absolute atomic E-state index is 0.503. The molecule has 0 aliphatic heterocycles. The van der Waals surface area contributed by atoms with Crippen LogP contribution in [0, 0.1) is 18.8 Å². The molecule has 1 aliphatic rings. The zero-order valence-corrected chi connectivity index (χ0v) is 11.5. The van der Waals surface area contributed by atoms with Crippen molar-refractivity contribution in [1.82, 2.24) is 9.97 Å². The summed E-state index contributed by atoms with van der Waals surface area (Å²) in [5.41, 5.74) is 0.944. The molecule has 1 heterocycles. The number of hydrogen-bond donors (Lipinski definition) is 1. The van der Waals surface area contributed by atoms with Crippen LogP contribution < -0.4 is 5.32 Å². The molecule has 17 heavy (non-hydrogen) atoms. The lowest BCUT2D eigenvalue weighted by Crippen LogP contribution is -2.35. The largest absolute Gasteiger partial charge is 0.367 e. The number of halogens is 1. The van der Waals surface area contributed by atoms with E-state index in [0.717, 1.165) is 17.3 Å². The SMILES string of the molecule is Cc1c(Cl)ncnc1NC1CCCC(C)C1C. The fourth-order valence-corrected chi connectivity index (χ4v) is 2.67. The van der Waals surface area contributed by atoms with Crippen LogP contribution in [0.5, 0.6) is 0 Å². The van der Waals surface area contributed by atoms with Crippen LogP contribution in [0.3, 0.4) is 0 Å². The van der Waals surface area contributed by atoms with Crippen molar-refractivity contribution in [2.24, 2.45) is 11.8 Å². The fraction of sp³-hybridized carbons (Fsp3) is 0.692. The quantitative estimate of drug-likeness (QED) is 0.818. The Morgan fingerprint density at radius 3 is 2.82 bits per heavy atom. The molecule has 1 fully saturated rings. The average Bonchev–Trinajstić information content (AvgIpc) is 2.31. The van der Waals surface area contributed by atoms with Crippen molar-refractivity contribution in [3.63, 3.8) is 0 Å². The maximum atomic E-state index is 6.01. The summed E-state index contributed by atoms with van der Waals surface area (Å²) in [6, 6.07) is 0.503. The molecule has 3 nitrogen and oxygen atoms in total. The Balaban J connectivity index is 2.12. The molecular formula is C13H20ClN3. The number of rotatable bonds is 2. The molecule has 1 N–H and O–H groups in total. The third-order valence-corrected chi connectivity index (χ3v) is 4.43. The summed E-state index contributed by atoms with van der Waals surface area (Å²) in [5.74, 6) is 2.34. The van der Waals surface area contributed by atoms with E-state index in [0.29, 0.717) is 17.1 Å². The van der Waals surface area contributed by atoms with Gasteiger partial charge in [-0.15, -0.1) is 0 Å². The Morgan fingerprint density at radius 1 is 1.29 bits per heavy atom. The van der Waals surface area contributed by atoms with Gasteiger partial charge in [0, 0.05) is 11.6 Å². The van der Waals surface area contributed by atoms with Crippen molar-refractivity contribution >= 4 is 17.4 Å². The van der Waals surface area contributed by atoms with E-state index < -0.39 is 0 Å². The van der Waals surface area contributed by atoms with Gasteiger partial charge < -0.3 is 5.32 Å². The van der Waals surface area contributed by atoms with E-state index in [1.807, 2.05) is 6.92 Å². The number of hydrogen-bond acceptors (Lipinski definition) is 3. The molecule has 3 unspecified atom stereocenters. The number of nitrogens with zero attached hydrogens (tertiary/aromatic N) is 2. The van der Waals surface area contributed by atoms with Gasteiger partial charge in [-0.3, -0.25) is 0 Å². The van der Waals surface area contributed by atoms with E-state index in [2.05, 4.69) is 29.1 Å².